The number of imidazole rings is 1. The number of thioether (sulfide) groups is 1. The van der Waals surface area contributed by atoms with E-state index in [-0.39, 0.29) is 29.7 Å². The molecule has 0 aliphatic carbocycles. The Morgan fingerprint density at radius 2 is 2.14 bits per heavy atom. The summed E-state index contributed by atoms with van der Waals surface area (Å²) in [6.45, 7) is 7.07. The summed E-state index contributed by atoms with van der Waals surface area (Å²) in [5.41, 5.74) is 0.0959. The summed E-state index contributed by atoms with van der Waals surface area (Å²) in [4.78, 5) is 17.8. The van der Waals surface area contributed by atoms with E-state index in [1.54, 1.807) is 30.4 Å². The van der Waals surface area contributed by atoms with Crippen LogP contribution < -0.4 is 10.1 Å². The molecule has 1 atom stereocenters. The zero-order valence-corrected chi connectivity index (χ0v) is 17.9. The summed E-state index contributed by atoms with van der Waals surface area (Å²) < 4.78 is 13.1. The number of para-hydroxylation sites is 1. The van der Waals surface area contributed by atoms with Crippen molar-refractivity contribution in [2.24, 2.45) is 5.41 Å². The van der Waals surface area contributed by atoms with Crippen LogP contribution in [0.4, 0.5) is 0 Å². The van der Waals surface area contributed by atoms with Gasteiger partial charge in [-0.1, -0.05) is 38.1 Å². The zero-order valence-electron chi connectivity index (χ0n) is 17.1. The molecule has 0 aliphatic rings. The van der Waals surface area contributed by atoms with Crippen LogP contribution in [-0.2, 0) is 13.2 Å². The normalized spacial score (nSPS) is 12.6. The molecule has 0 saturated heterocycles. The number of nitrogens with one attached hydrogen (secondary N) is 1. The van der Waals surface area contributed by atoms with Gasteiger partial charge in [0.05, 0.1) is 12.4 Å². The van der Waals surface area contributed by atoms with E-state index in [0.717, 1.165) is 10.6 Å². The van der Waals surface area contributed by atoms with Gasteiger partial charge < -0.3 is 19.1 Å². The van der Waals surface area contributed by atoms with Crippen molar-refractivity contribution in [2.45, 2.75) is 44.9 Å². The van der Waals surface area contributed by atoms with Crippen molar-refractivity contribution >= 4 is 17.7 Å². The van der Waals surface area contributed by atoms with E-state index in [1.165, 1.54) is 0 Å². The molecule has 29 heavy (non-hydrogen) atoms. The molecule has 8 heteroatoms. The van der Waals surface area contributed by atoms with Crippen molar-refractivity contribution < 1.29 is 14.1 Å². The van der Waals surface area contributed by atoms with Crippen LogP contribution >= 0.6 is 11.8 Å². The quantitative estimate of drug-likeness (QED) is 0.561. The van der Waals surface area contributed by atoms with E-state index in [9.17, 15) is 4.79 Å². The molecule has 1 amide bonds. The third-order valence-corrected chi connectivity index (χ3v) is 5.31. The SMILES string of the molecule is CSc1ccccc1OCc1cc(C(=O)N[C@@H](Cn2ccnc2)C(C)(C)C)no1. The molecule has 3 aromatic rings. The van der Waals surface area contributed by atoms with Crippen molar-refractivity contribution in [2.75, 3.05) is 6.26 Å². The molecule has 2 heterocycles. The highest BCUT2D eigenvalue weighted by Gasteiger charge is 2.28. The Morgan fingerprint density at radius 1 is 1.34 bits per heavy atom. The van der Waals surface area contributed by atoms with Gasteiger partial charge in [0, 0.05) is 29.9 Å². The maximum absolute atomic E-state index is 12.7. The van der Waals surface area contributed by atoms with Crippen LogP contribution in [0.2, 0.25) is 0 Å². The van der Waals surface area contributed by atoms with Crippen molar-refractivity contribution in [1.82, 2.24) is 20.0 Å². The highest BCUT2D eigenvalue weighted by Crippen LogP contribution is 2.27. The molecule has 0 bridgehead atoms. The molecule has 1 N–H and O–H groups in total. The van der Waals surface area contributed by atoms with Crippen LogP contribution in [0.15, 0.2) is 58.5 Å². The predicted octanol–water partition coefficient (Wildman–Crippen LogP) is 4.02. The molecule has 0 saturated carbocycles. The molecule has 0 fully saturated rings. The average molecular weight is 415 g/mol. The van der Waals surface area contributed by atoms with Crippen LogP contribution in [0.3, 0.4) is 0 Å². The average Bonchev–Trinajstić information content (AvgIpc) is 3.37. The van der Waals surface area contributed by atoms with Crippen molar-refractivity contribution in [1.29, 1.82) is 0 Å². The van der Waals surface area contributed by atoms with Gasteiger partial charge in [0.15, 0.2) is 11.5 Å². The molecular formula is C21H26N4O3S. The number of aromatic nitrogens is 3. The molecule has 0 aliphatic heterocycles. The lowest BCUT2D eigenvalue weighted by molar-refractivity contribution is 0.0883. The smallest absolute Gasteiger partial charge is 0.273 e. The molecule has 1 aromatic carbocycles. The Morgan fingerprint density at radius 3 is 2.83 bits per heavy atom. The monoisotopic (exact) mass is 414 g/mol. The van der Waals surface area contributed by atoms with Crippen molar-refractivity contribution in [3.63, 3.8) is 0 Å². The summed E-state index contributed by atoms with van der Waals surface area (Å²) in [7, 11) is 0. The lowest BCUT2D eigenvalue weighted by Crippen LogP contribution is -2.46. The fourth-order valence-electron chi connectivity index (χ4n) is 2.75. The number of carbonyl (C=O) groups is 1. The van der Waals surface area contributed by atoms with E-state index in [0.29, 0.717) is 12.3 Å². The van der Waals surface area contributed by atoms with Gasteiger partial charge in [-0.3, -0.25) is 4.79 Å². The van der Waals surface area contributed by atoms with Gasteiger partial charge in [0.25, 0.3) is 5.91 Å². The first-order valence-corrected chi connectivity index (χ1v) is 10.6. The number of hydrogen-bond acceptors (Lipinski definition) is 6. The Bertz CT molecular complexity index is 932. The third-order valence-electron chi connectivity index (χ3n) is 4.53. The van der Waals surface area contributed by atoms with E-state index in [1.807, 2.05) is 41.3 Å². The molecule has 3 rings (SSSR count). The summed E-state index contributed by atoms with van der Waals surface area (Å²) in [6, 6.07) is 9.29. The predicted molar refractivity (Wildman–Crippen MR) is 112 cm³/mol. The Labute approximate surface area is 174 Å². The lowest BCUT2D eigenvalue weighted by atomic mass is 9.86. The van der Waals surface area contributed by atoms with Gasteiger partial charge in [0.2, 0.25) is 0 Å². The maximum atomic E-state index is 12.7. The topological polar surface area (TPSA) is 82.2 Å². The largest absolute Gasteiger partial charge is 0.484 e. The van der Waals surface area contributed by atoms with Crippen LogP contribution in [0.25, 0.3) is 0 Å². The second-order valence-corrected chi connectivity index (χ2v) is 8.62. The number of rotatable bonds is 8. The third kappa shape index (κ3) is 5.63. The first-order chi connectivity index (χ1) is 13.9. The molecule has 7 nitrogen and oxygen atoms in total. The summed E-state index contributed by atoms with van der Waals surface area (Å²) in [5.74, 6) is 0.994. The van der Waals surface area contributed by atoms with E-state index in [2.05, 4.69) is 36.2 Å². The highest BCUT2D eigenvalue weighted by atomic mass is 32.2. The number of benzene rings is 1. The standard InChI is InChI=1S/C21H26N4O3S/c1-21(2,3)19(12-25-10-9-22-14-25)23-20(26)16-11-15(28-24-16)13-27-17-7-5-6-8-18(17)29-4/h5-11,14,19H,12-13H2,1-4H3,(H,23,26)/t19-/m0/s1. The van der Waals surface area contributed by atoms with Gasteiger partial charge in [-0.15, -0.1) is 11.8 Å². The van der Waals surface area contributed by atoms with Gasteiger partial charge in [-0.05, 0) is 23.8 Å². The molecular weight excluding hydrogens is 388 g/mol. The number of amides is 1. The van der Waals surface area contributed by atoms with Crippen LogP contribution in [0.5, 0.6) is 5.75 Å². The summed E-state index contributed by atoms with van der Waals surface area (Å²) >= 11 is 1.61. The molecule has 0 unspecified atom stereocenters. The van der Waals surface area contributed by atoms with E-state index >= 15 is 0 Å². The second kappa shape index (κ2) is 9.17. The molecule has 0 radical (unpaired) electrons. The molecule has 2 aromatic heterocycles. The molecule has 0 spiro atoms. The fraction of sp³-hybridized carbons (Fsp3) is 0.381. The van der Waals surface area contributed by atoms with Crippen LogP contribution in [0.1, 0.15) is 37.0 Å². The second-order valence-electron chi connectivity index (χ2n) is 7.77. The van der Waals surface area contributed by atoms with E-state index < -0.39 is 0 Å². The Balaban J connectivity index is 1.63. The van der Waals surface area contributed by atoms with Gasteiger partial charge in [-0.2, -0.15) is 0 Å². The minimum atomic E-state index is -0.274. The van der Waals surface area contributed by atoms with Gasteiger partial charge in [0.1, 0.15) is 12.4 Å². The van der Waals surface area contributed by atoms with Gasteiger partial charge in [-0.25, -0.2) is 4.98 Å². The number of ether oxygens (including phenoxy) is 1. The lowest BCUT2D eigenvalue weighted by Gasteiger charge is -2.31. The fourth-order valence-corrected chi connectivity index (χ4v) is 3.29. The summed E-state index contributed by atoms with van der Waals surface area (Å²) in [5, 5.41) is 6.97. The van der Waals surface area contributed by atoms with Crippen LogP contribution in [-0.4, -0.2) is 32.9 Å². The van der Waals surface area contributed by atoms with E-state index in [4.69, 9.17) is 9.26 Å². The van der Waals surface area contributed by atoms with Crippen molar-refractivity contribution in [3.05, 3.63) is 60.5 Å². The number of hydrogen-bond donors (Lipinski definition) is 1. The molecule has 154 valence electrons. The minimum absolute atomic E-state index is 0.103. The number of carbonyl (C=O) groups excluding carboxylic acids is 1. The Hall–Kier alpha value is -2.74. The Kier molecular flexibility index (Phi) is 6.64. The van der Waals surface area contributed by atoms with Crippen molar-refractivity contribution in [3.8, 4) is 5.75 Å². The zero-order chi connectivity index (χ0) is 20.9. The van der Waals surface area contributed by atoms with Crippen LogP contribution in [0, 0.1) is 5.41 Å². The maximum Gasteiger partial charge on any atom is 0.273 e. The summed E-state index contributed by atoms with van der Waals surface area (Å²) in [6.07, 6.45) is 7.33. The first kappa shape index (κ1) is 21.0. The highest BCUT2D eigenvalue weighted by molar-refractivity contribution is 7.98. The minimum Gasteiger partial charge on any atom is -0.484 e. The van der Waals surface area contributed by atoms with Gasteiger partial charge >= 0.3 is 0 Å². The number of nitrogens with zero attached hydrogens (tertiary/aromatic N) is 3. The first-order valence-electron chi connectivity index (χ1n) is 9.35.